The Kier molecular flexibility index (Phi) is 6.26. The number of hydrogen-bond donors (Lipinski definition) is 0. The fraction of sp³-hybridized carbons (Fsp3) is 0.632. The van der Waals surface area contributed by atoms with Crippen molar-refractivity contribution in [2.24, 2.45) is 5.92 Å². The van der Waals surface area contributed by atoms with Gasteiger partial charge >= 0.3 is 0 Å². The molecule has 2 aliphatic rings. The van der Waals surface area contributed by atoms with Gasteiger partial charge in [-0.1, -0.05) is 29.3 Å². The molecule has 1 aromatic rings. The molecule has 0 N–H and O–H groups in total. The van der Waals surface area contributed by atoms with Crippen LogP contribution in [0.2, 0.25) is 10.0 Å². The molecule has 0 aromatic heterocycles. The lowest BCUT2D eigenvalue weighted by atomic mass is 9.94. The fourth-order valence-corrected chi connectivity index (χ4v) is 4.31. The topological polar surface area (TPSA) is 32.8 Å². The van der Waals surface area contributed by atoms with E-state index in [-0.39, 0.29) is 18.1 Å². The molecule has 1 aromatic carbocycles. The summed E-state index contributed by atoms with van der Waals surface area (Å²) in [5.74, 6) is 0.431. The lowest BCUT2D eigenvalue weighted by Gasteiger charge is -2.39. The maximum absolute atomic E-state index is 12.8. The molecule has 2 unspecified atom stereocenters. The van der Waals surface area contributed by atoms with Gasteiger partial charge in [-0.25, -0.2) is 0 Å². The molecule has 2 saturated heterocycles. The molecular weight excluding hydrogens is 359 g/mol. The van der Waals surface area contributed by atoms with Crippen LogP contribution in [0.15, 0.2) is 18.2 Å². The molecule has 2 atom stereocenters. The van der Waals surface area contributed by atoms with E-state index in [0.717, 1.165) is 38.0 Å². The number of hydrogen-bond acceptors (Lipinski definition) is 3. The Bertz CT molecular complexity index is 607. The molecule has 25 heavy (non-hydrogen) atoms. The van der Waals surface area contributed by atoms with Crippen LogP contribution in [0.25, 0.3) is 0 Å². The number of halogens is 2. The fourth-order valence-electron chi connectivity index (χ4n) is 3.84. The van der Waals surface area contributed by atoms with Crippen molar-refractivity contribution in [2.75, 3.05) is 26.2 Å². The van der Waals surface area contributed by atoms with Gasteiger partial charge in [0.15, 0.2) is 0 Å². The van der Waals surface area contributed by atoms with Crippen LogP contribution in [0.3, 0.4) is 0 Å². The molecule has 6 heteroatoms. The minimum atomic E-state index is 0.125. The number of morpholine rings is 1. The van der Waals surface area contributed by atoms with Gasteiger partial charge in [0, 0.05) is 35.6 Å². The van der Waals surface area contributed by atoms with Crippen molar-refractivity contribution >= 4 is 29.1 Å². The van der Waals surface area contributed by atoms with E-state index >= 15 is 0 Å². The normalized spacial score (nSPS) is 26.0. The Morgan fingerprint density at radius 2 is 1.80 bits per heavy atom. The molecular formula is C19H26Cl2N2O2. The van der Waals surface area contributed by atoms with Gasteiger partial charge in [0.25, 0.3) is 0 Å². The first kappa shape index (κ1) is 19.0. The number of ether oxygens (including phenoxy) is 1. The molecule has 0 radical (unpaired) electrons. The highest BCUT2D eigenvalue weighted by Gasteiger charge is 2.32. The molecule has 2 fully saturated rings. The molecule has 2 heterocycles. The number of likely N-dealkylation sites (tertiary alicyclic amines) is 1. The number of carbonyl (C=O) groups is 1. The highest BCUT2D eigenvalue weighted by Crippen LogP contribution is 2.26. The number of rotatable bonds is 3. The summed E-state index contributed by atoms with van der Waals surface area (Å²) >= 11 is 12.2. The number of carbonyl (C=O) groups excluding carboxylic acids is 1. The largest absolute Gasteiger partial charge is 0.372 e. The van der Waals surface area contributed by atoms with Crippen molar-refractivity contribution in [3.05, 3.63) is 33.8 Å². The summed E-state index contributed by atoms with van der Waals surface area (Å²) < 4.78 is 5.73. The molecule has 0 bridgehead atoms. The Labute approximate surface area is 160 Å². The Morgan fingerprint density at radius 3 is 2.40 bits per heavy atom. The van der Waals surface area contributed by atoms with E-state index in [1.54, 1.807) is 6.07 Å². The maximum Gasteiger partial charge on any atom is 0.225 e. The van der Waals surface area contributed by atoms with Gasteiger partial charge in [-0.2, -0.15) is 0 Å². The molecule has 3 rings (SSSR count). The van der Waals surface area contributed by atoms with E-state index in [1.807, 2.05) is 30.9 Å². The van der Waals surface area contributed by atoms with E-state index < -0.39 is 0 Å². The Hall–Kier alpha value is -0.810. The third kappa shape index (κ3) is 4.88. The van der Waals surface area contributed by atoms with E-state index in [9.17, 15) is 4.79 Å². The molecule has 4 nitrogen and oxygen atoms in total. The van der Waals surface area contributed by atoms with Crippen LogP contribution in [-0.2, 0) is 16.1 Å². The summed E-state index contributed by atoms with van der Waals surface area (Å²) in [6.45, 7) is 8.15. The standard InChI is InChI=1S/C19H26Cl2N2O2/c1-13-10-23(11-14(2)25-13)19(24)15-5-7-22(8-6-15)12-16-3-4-17(20)9-18(16)21/h3-4,9,13-15H,5-8,10-12H2,1-2H3. The van der Waals surface area contributed by atoms with Crippen LogP contribution < -0.4 is 0 Å². The second kappa shape index (κ2) is 8.26. The lowest BCUT2D eigenvalue weighted by Crippen LogP contribution is -2.51. The smallest absolute Gasteiger partial charge is 0.225 e. The van der Waals surface area contributed by atoms with Crippen LogP contribution in [0.1, 0.15) is 32.3 Å². The van der Waals surface area contributed by atoms with Crippen LogP contribution in [0.4, 0.5) is 0 Å². The second-order valence-electron chi connectivity index (χ2n) is 7.29. The Balaban J connectivity index is 1.52. The molecule has 138 valence electrons. The summed E-state index contributed by atoms with van der Waals surface area (Å²) in [6.07, 6.45) is 2.06. The van der Waals surface area contributed by atoms with Crippen molar-refractivity contribution in [3.8, 4) is 0 Å². The SMILES string of the molecule is CC1CN(C(=O)C2CCN(Cc3ccc(Cl)cc3Cl)CC2)CC(C)O1. The van der Waals surface area contributed by atoms with Gasteiger partial charge in [-0.15, -0.1) is 0 Å². The van der Waals surface area contributed by atoms with Crippen LogP contribution in [-0.4, -0.2) is 54.1 Å². The summed E-state index contributed by atoms with van der Waals surface area (Å²) in [4.78, 5) is 17.2. The zero-order valence-corrected chi connectivity index (χ0v) is 16.4. The van der Waals surface area contributed by atoms with Crippen LogP contribution in [0.5, 0.6) is 0 Å². The number of nitrogens with zero attached hydrogens (tertiary/aromatic N) is 2. The highest BCUT2D eigenvalue weighted by atomic mass is 35.5. The maximum atomic E-state index is 12.8. The van der Waals surface area contributed by atoms with Gasteiger partial charge < -0.3 is 9.64 Å². The molecule has 2 aliphatic heterocycles. The monoisotopic (exact) mass is 384 g/mol. The van der Waals surface area contributed by atoms with Crippen molar-refractivity contribution < 1.29 is 9.53 Å². The van der Waals surface area contributed by atoms with Crippen molar-refractivity contribution in [1.29, 1.82) is 0 Å². The van der Waals surface area contributed by atoms with E-state index in [1.165, 1.54) is 0 Å². The molecule has 1 amide bonds. The summed E-state index contributed by atoms with van der Waals surface area (Å²) in [6, 6.07) is 5.65. The second-order valence-corrected chi connectivity index (χ2v) is 8.13. The summed E-state index contributed by atoms with van der Waals surface area (Å²) in [5, 5.41) is 1.37. The van der Waals surface area contributed by atoms with Crippen LogP contribution in [0, 0.1) is 5.92 Å². The third-order valence-corrected chi connectivity index (χ3v) is 5.66. The quantitative estimate of drug-likeness (QED) is 0.793. The molecule has 0 saturated carbocycles. The molecule has 0 aliphatic carbocycles. The minimum Gasteiger partial charge on any atom is -0.372 e. The van der Waals surface area contributed by atoms with Crippen molar-refractivity contribution in [3.63, 3.8) is 0 Å². The van der Waals surface area contributed by atoms with Gasteiger partial charge in [-0.3, -0.25) is 9.69 Å². The lowest BCUT2D eigenvalue weighted by molar-refractivity contribution is -0.148. The van der Waals surface area contributed by atoms with E-state index in [0.29, 0.717) is 29.0 Å². The van der Waals surface area contributed by atoms with Gasteiger partial charge in [0.05, 0.1) is 12.2 Å². The number of amides is 1. The number of benzene rings is 1. The first-order valence-corrected chi connectivity index (χ1v) is 9.78. The summed E-state index contributed by atoms with van der Waals surface area (Å²) in [5.41, 5.74) is 1.09. The zero-order chi connectivity index (χ0) is 18.0. The van der Waals surface area contributed by atoms with E-state index in [4.69, 9.17) is 27.9 Å². The van der Waals surface area contributed by atoms with Crippen LogP contribution >= 0.6 is 23.2 Å². The predicted octanol–water partition coefficient (Wildman–Crippen LogP) is 3.84. The van der Waals surface area contributed by atoms with Gasteiger partial charge in [0.2, 0.25) is 5.91 Å². The van der Waals surface area contributed by atoms with E-state index in [2.05, 4.69) is 4.90 Å². The van der Waals surface area contributed by atoms with Crippen molar-refractivity contribution in [2.45, 2.75) is 45.4 Å². The first-order chi connectivity index (χ1) is 11.9. The van der Waals surface area contributed by atoms with Crippen molar-refractivity contribution in [1.82, 2.24) is 9.80 Å². The third-order valence-electron chi connectivity index (χ3n) is 5.08. The zero-order valence-electron chi connectivity index (χ0n) is 14.9. The highest BCUT2D eigenvalue weighted by molar-refractivity contribution is 6.35. The first-order valence-electron chi connectivity index (χ1n) is 9.03. The Morgan fingerprint density at radius 1 is 1.16 bits per heavy atom. The average Bonchev–Trinajstić information content (AvgIpc) is 2.56. The minimum absolute atomic E-state index is 0.125. The van der Waals surface area contributed by atoms with Gasteiger partial charge in [-0.05, 0) is 57.5 Å². The molecule has 0 spiro atoms. The number of piperidine rings is 1. The predicted molar refractivity (Wildman–Crippen MR) is 101 cm³/mol. The average molecular weight is 385 g/mol. The summed E-state index contributed by atoms with van der Waals surface area (Å²) in [7, 11) is 0. The van der Waals surface area contributed by atoms with Gasteiger partial charge in [0.1, 0.15) is 0 Å².